The first-order valence-corrected chi connectivity index (χ1v) is 17.3. The van der Waals surface area contributed by atoms with Crippen molar-refractivity contribution in [2.45, 2.75) is 71.6 Å². The minimum atomic E-state index is -0.0841. The Labute approximate surface area is 287 Å². The first-order chi connectivity index (χ1) is 22.8. The predicted octanol–water partition coefficient (Wildman–Crippen LogP) is 13.4. The van der Waals surface area contributed by atoms with Crippen molar-refractivity contribution in [2.75, 3.05) is 4.90 Å². The molecule has 6 aromatic rings. The molecule has 0 aromatic heterocycles. The van der Waals surface area contributed by atoms with Gasteiger partial charge in [-0.2, -0.15) is 0 Å². The quantitative estimate of drug-likeness (QED) is 0.184. The van der Waals surface area contributed by atoms with E-state index in [-0.39, 0.29) is 16.2 Å². The molecule has 0 amide bonds. The molecular formula is C47H47N. The molecule has 0 aliphatic heterocycles. The lowest BCUT2D eigenvalue weighted by molar-refractivity contribution is 0.569. The zero-order valence-corrected chi connectivity index (χ0v) is 29.7. The van der Waals surface area contributed by atoms with E-state index < -0.39 is 0 Å². The van der Waals surface area contributed by atoms with Crippen LogP contribution in [0.4, 0.5) is 17.1 Å². The highest BCUT2D eigenvalue weighted by atomic mass is 15.1. The molecule has 1 heteroatoms. The first kappa shape index (κ1) is 31.7. The van der Waals surface area contributed by atoms with E-state index in [4.69, 9.17) is 0 Å². The van der Waals surface area contributed by atoms with Crippen molar-refractivity contribution in [3.63, 3.8) is 0 Å². The van der Waals surface area contributed by atoms with Gasteiger partial charge in [0.1, 0.15) is 0 Å². The molecule has 48 heavy (non-hydrogen) atoms. The van der Waals surface area contributed by atoms with Crippen molar-refractivity contribution in [3.8, 4) is 33.4 Å². The van der Waals surface area contributed by atoms with Gasteiger partial charge in [0.25, 0.3) is 0 Å². The second-order valence-electron chi connectivity index (χ2n) is 16.0. The summed E-state index contributed by atoms with van der Waals surface area (Å²) in [5.41, 5.74) is 16.6. The predicted molar refractivity (Wildman–Crippen MR) is 207 cm³/mol. The third-order valence-corrected chi connectivity index (χ3v) is 10.2. The second kappa shape index (κ2) is 11.7. The molecule has 7 rings (SSSR count). The molecule has 240 valence electrons. The molecule has 0 saturated carbocycles. The van der Waals surface area contributed by atoms with Gasteiger partial charge in [-0.15, -0.1) is 0 Å². The molecule has 0 N–H and O–H groups in total. The third-order valence-electron chi connectivity index (χ3n) is 10.2. The van der Waals surface area contributed by atoms with Gasteiger partial charge in [0, 0.05) is 22.4 Å². The number of para-hydroxylation sites is 1. The molecule has 6 aromatic carbocycles. The van der Waals surface area contributed by atoms with Crippen LogP contribution in [-0.4, -0.2) is 0 Å². The number of hydrogen-bond acceptors (Lipinski definition) is 1. The molecule has 1 aliphatic rings. The van der Waals surface area contributed by atoms with E-state index in [0.29, 0.717) is 0 Å². The van der Waals surface area contributed by atoms with Crippen LogP contribution >= 0.6 is 0 Å². The molecule has 1 aliphatic carbocycles. The molecule has 0 spiro atoms. The fourth-order valence-electron chi connectivity index (χ4n) is 7.25. The van der Waals surface area contributed by atoms with Crippen LogP contribution in [0.15, 0.2) is 140 Å². The van der Waals surface area contributed by atoms with Crippen molar-refractivity contribution < 1.29 is 0 Å². The Bertz CT molecular complexity index is 2070. The molecule has 0 saturated heterocycles. The summed E-state index contributed by atoms with van der Waals surface area (Å²) in [5, 5.41) is 0. The molecule has 0 unspecified atom stereocenters. The van der Waals surface area contributed by atoms with Crippen LogP contribution in [0, 0.1) is 0 Å². The summed E-state index contributed by atoms with van der Waals surface area (Å²) in [5.74, 6) is 0. The van der Waals surface area contributed by atoms with Crippen LogP contribution < -0.4 is 4.90 Å². The SMILES string of the molecule is CC(C)(C)c1cc(-c2ccc(N(c3ccc4c(c3)C(C)(C)c3ccccc3-4)c3ccccc3-c3ccccc3)cc2)cc(C(C)(C)C)c1. The van der Waals surface area contributed by atoms with Crippen molar-refractivity contribution in [3.05, 3.63) is 162 Å². The summed E-state index contributed by atoms with van der Waals surface area (Å²) in [6, 6.07) is 51.8. The lowest BCUT2D eigenvalue weighted by Crippen LogP contribution is -2.17. The average molecular weight is 626 g/mol. The van der Waals surface area contributed by atoms with E-state index in [1.807, 2.05) is 0 Å². The van der Waals surface area contributed by atoms with Crippen molar-refractivity contribution in [2.24, 2.45) is 0 Å². The number of nitrogens with zero attached hydrogens (tertiary/aromatic N) is 1. The summed E-state index contributed by atoms with van der Waals surface area (Å²) < 4.78 is 0. The maximum absolute atomic E-state index is 2.44. The highest BCUT2D eigenvalue weighted by Gasteiger charge is 2.36. The highest BCUT2D eigenvalue weighted by Crippen LogP contribution is 2.51. The maximum Gasteiger partial charge on any atom is 0.0540 e. The molecule has 0 atom stereocenters. The first-order valence-electron chi connectivity index (χ1n) is 17.3. The average Bonchev–Trinajstić information content (AvgIpc) is 3.31. The molecule has 0 fully saturated rings. The van der Waals surface area contributed by atoms with E-state index in [2.05, 4.69) is 200 Å². The van der Waals surface area contributed by atoms with E-state index in [0.717, 1.165) is 17.1 Å². The van der Waals surface area contributed by atoms with Gasteiger partial charge in [-0.3, -0.25) is 0 Å². The Hall–Kier alpha value is -4.88. The zero-order chi connectivity index (χ0) is 33.8. The molecule has 0 heterocycles. The number of anilines is 3. The van der Waals surface area contributed by atoms with E-state index >= 15 is 0 Å². The normalized spacial score (nSPS) is 13.6. The van der Waals surface area contributed by atoms with Gasteiger partial charge in [-0.1, -0.05) is 165 Å². The maximum atomic E-state index is 2.44. The van der Waals surface area contributed by atoms with Gasteiger partial charge < -0.3 is 4.90 Å². The molecular weight excluding hydrogens is 579 g/mol. The van der Waals surface area contributed by atoms with Gasteiger partial charge >= 0.3 is 0 Å². The minimum Gasteiger partial charge on any atom is -0.310 e. The van der Waals surface area contributed by atoms with Crippen LogP contribution in [0.3, 0.4) is 0 Å². The van der Waals surface area contributed by atoms with Crippen LogP contribution in [0.5, 0.6) is 0 Å². The molecule has 0 radical (unpaired) electrons. The van der Waals surface area contributed by atoms with Crippen molar-refractivity contribution >= 4 is 17.1 Å². The van der Waals surface area contributed by atoms with Crippen LogP contribution in [-0.2, 0) is 16.2 Å². The van der Waals surface area contributed by atoms with Gasteiger partial charge in [-0.05, 0) is 91.2 Å². The molecule has 1 nitrogen and oxygen atoms in total. The summed E-state index contributed by atoms with van der Waals surface area (Å²) in [6.45, 7) is 18.5. The fraction of sp³-hybridized carbons (Fsp3) is 0.234. The van der Waals surface area contributed by atoms with Crippen molar-refractivity contribution in [1.29, 1.82) is 0 Å². The summed E-state index contributed by atoms with van der Waals surface area (Å²) in [6.07, 6.45) is 0. The van der Waals surface area contributed by atoms with Gasteiger partial charge in [-0.25, -0.2) is 0 Å². The van der Waals surface area contributed by atoms with E-state index in [9.17, 15) is 0 Å². The number of fused-ring (bicyclic) bond motifs is 3. The lowest BCUT2D eigenvalue weighted by Gasteiger charge is -2.30. The monoisotopic (exact) mass is 625 g/mol. The number of rotatable bonds is 5. The Morgan fingerprint density at radius 3 is 1.60 bits per heavy atom. The third kappa shape index (κ3) is 5.66. The smallest absolute Gasteiger partial charge is 0.0540 e. The van der Waals surface area contributed by atoms with Gasteiger partial charge in [0.05, 0.1) is 5.69 Å². The van der Waals surface area contributed by atoms with E-state index in [1.54, 1.807) is 0 Å². The van der Waals surface area contributed by atoms with Crippen LogP contribution in [0.2, 0.25) is 0 Å². The van der Waals surface area contributed by atoms with Gasteiger partial charge in [0.15, 0.2) is 0 Å². The van der Waals surface area contributed by atoms with Crippen molar-refractivity contribution in [1.82, 2.24) is 0 Å². The summed E-state index contributed by atoms with van der Waals surface area (Å²) in [4.78, 5) is 2.44. The number of benzene rings is 6. The Morgan fingerprint density at radius 2 is 0.958 bits per heavy atom. The lowest BCUT2D eigenvalue weighted by atomic mass is 9.79. The van der Waals surface area contributed by atoms with Gasteiger partial charge in [0.2, 0.25) is 0 Å². The molecule has 0 bridgehead atoms. The van der Waals surface area contributed by atoms with Crippen LogP contribution in [0.25, 0.3) is 33.4 Å². The summed E-state index contributed by atoms with van der Waals surface area (Å²) >= 11 is 0. The zero-order valence-electron chi connectivity index (χ0n) is 29.7. The highest BCUT2D eigenvalue weighted by molar-refractivity contribution is 5.90. The summed E-state index contributed by atoms with van der Waals surface area (Å²) in [7, 11) is 0. The largest absolute Gasteiger partial charge is 0.310 e. The topological polar surface area (TPSA) is 3.24 Å². The number of hydrogen-bond donors (Lipinski definition) is 0. The second-order valence-corrected chi connectivity index (χ2v) is 16.0. The standard InChI is InChI=1S/C47H47N/c1-45(2,3)35-28-34(29-36(30-35)46(4,5)6)32-22-24-37(25-23-32)48(44-21-15-13-18-39(44)33-16-10-9-11-17-33)38-26-27-41-40-19-12-14-20-42(40)47(7,8)43(41)31-38/h9-31H,1-8H3. The fourth-order valence-corrected chi connectivity index (χ4v) is 7.25. The Kier molecular flexibility index (Phi) is 7.71. The Balaban J connectivity index is 1.39. The van der Waals surface area contributed by atoms with Crippen LogP contribution in [0.1, 0.15) is 77.6 Å². The Morgan fingerprint density at radius 1 is 0.417 bits per heavy atom. The van der Waals surface area contributed by atoms with E-state index in [1.165, 1.54) is 55.6 Å². The minimum absolute atomic E-state index is 0.0644.